The van der Waals surface area contributed by atoms with E-state index in [1.165, 1.54) is 7.11 Å². The van der Waals surface area contributed by atoms with Crippen LogP contribution in [0.15, 0.2) is 45.9 Å². The van der Waals surface area contributed by atoms with Crippen LogP contribution in [0, 0.1) is 18.3 Å². The molecule has 2 atom stereocenters. The monoisotopic (exact) mass is 502 g/mol. The van der Waals surface area contributed by atoms with Crippen molar-refractivity contribution < 1.29 is 19.4 Å². The number of benzene rings is 1. The highest BCUT2D eigenvalue weighted by molar-refractivity contribution is 6.29. The Hall–Kier alpha value is -2.59. The summed E-state index contributed by atoms with van der Waals surface area (Å²) >= 11 is 6.03. The van der Waals surface area contributed by atoms with Crippen molar-refractivity contribution >= 4 is 34.7 Å². The van der Waals surface area contributed by atoms with Crippen molar-refractivity contribution in [3.8, 4) is 12.3 Å². The van der Waals surface area contributed by atoms with Crippen LogP contribution in [0.25, 0.3) is 0 Å². The number of unbranched alkanes of at least 4 members (excludes halogenated alkanes) is 1. The molecule has 1 aromatic carbocycles. The van der Waals surface area contributed by atoms with Crippen LogP contribution in [0.1, 0.15) is 78.6 Å². The molecule has 0 aliphatic rings. The highest BCUT2D eigenvalue weighted by Gasteiger charge is 2.20. The predicted octanol–water partition coefficient (Wildman–Crippen LogP) is 6.61. The molecule has 35 heavy (non-hydrogen) atoms. The van der Waals surface area contributed by atoms with Gasteiger partial charge in [0.05, 0.1) is 17.1 Å². The summed E-state index contributed by atoms with van der Waals surface area (Å²) in [6.45, 7) is 9.43. The molecule has 0 saturated heterocycles. The number of aliphatic hydroxyl groups is 1. The van der Waals surface area contributed by atoms with Crippen molar-refractivity contribution in [2.24, 2.45) is 10.9 Å². The van der Waals surface area contributed by atoms with Crippen molar-refractivity contribution in [3.05, 3.63) is 46.5 Å². The normalized spacial score (nSPS) is 14.9. The number of hydrogen-bond donors (Lipinski definition) is 2. The zero-order valence-electron chi connectivity index (χ0n) is 21.7. The number of aliphatic imine (C=N–C) groups is 1. The van der Waals surface area contributed by atoms with E-state index in [0.29, 0.717) is 40.4 Å². The Kier molecular flexibility index (Phi) is 12.8. The summed E-state index contributed by atoms with van der Waals surface area (Å²) < 4.78 is 10.4. The van der Waals surface area contributed by atoms with Gasteiger partial charge >= 0.3 is 5.97 Å². The summed E-state index contributed by atoms with van der Waals surface area (Å²) in [6, 6.07) is 5.08. The molecular formula is C28H39ClN2O4. The maximum absolute atomic E-state index is 12.0. The molecule has 0 fully saturated rings. The number of nitrogens with two attached hydrogens (primary N) is 1. The minimum atomic E-state index is -1.07. The fourth-order valence-corrected chi connectivity index (χ4v) is 3.52. The average Bonchev–Trinajstić information content (AvgIpc) is 2.78. The molecule has 0 heterocycles. The van der Waals surface area contributed by atoms with Gasteiger partial charge in [-0.25, -0.2) is 4.99 Å². The van der Waals surface area contributed by atoms with Gasteiger partial charge in [-0.15, -0.1) is 6.42 Å². The maximum atomic E-state index is 12.0. The van der Waals surface area contributed by atoms with Crippen molar-refractivity contribution in [2.75, 3.05) is 12.8 Å². The number of nitrogens with zero attached hydrogens (tertiary/aromatic N) is 1. The van der Waals surface area contributed by atoms with Crippen molar-refractivity contribution in [2.45, 2.75) is 78.6 Å². The molecule has 0 aliphatic heterocycles. The zero-order chi connectivity index (χ0) is 26.6. The third-order valence-corrected chi connectivity index (χ3v) is 5.32. The number of aliphatic hydroxyl groups excluding tert-OH is 1. The number of terminal acetylenes is 1. The largest absolute Gasteiger partial charge is 0.460 e. The minimum absolute atomic E-state index is 0.0450. The Morgan fingerprint density at radius 1 is 1.31 bits per heavy atom. The molecule has 7 heteroatoms. The first-order valence-electron chi connectivity index (χ1n) is 11.8. The highest BCUT2D eigenvalue weighted by atomic mass is 35.5. The number of esters is 1. The Bertz CT molecular complexity index is 980. The van der Waals surface area contributed by atoms with Crippen LogP contribution < -0.4 is 5.73 Å². The number of methoxy groups -OCH3 is 1. The second-order valence-corrected chi connectivity index (χ2v) is 9.92. The number of hydrogen-bond acceptors (Lipinski definition) is 6. The Balaban J connectivity index is 3.22. The van der Waals surface area contributed by atoms with E-state index in [1.807, 2.05) is 20.8 Å². The van der Waals surface area contributed by atoms with Crippen molar-refractivity contribution in [1.29, 1.82) is 0 Å². The fraction of sp³-hybridized carbons (Fsp3) is 0.500. The van der Waals surface area contributed by atoms with Crippen LogP contribution in [0.3, 0.4) is 0 Å². The van der Waals surface area contributed by atoms with Crippen LogP contribution in [0.2, 0.25) is 0 Å². The molecule has 1 rings (SSSR count). The molecule has 0 aromatic heterocycles. The topological polar surface area (TPSA) is 94.1 Å². The molecule has 1 aromatic rings. The number of rotatable bonds is 12. The van der Waals surface area contributed by atoms with Gasteiger partial charge in [0.2, 0.25) is 0 Å². The van der Waals surface area contributed by atoms with Crippen molar-refractivity contribution in [3.63, 3.8) is 0 Å². The predicted molar refractivity (Wildman–Crippen MR) is 145 cm³/mol. The summed E-state index contributed by atoms with van der Waals surface area (Å²) in [7, 11) is 1.41. The van der Waals surface area contributed by atoms with Crippen LogP contribution in [-0.2, 0) is 14.3 Å². The van der Waals surface area contributed by atoms with Gasteiger partial charge in [0.15, 0.2) is 6.29 Å². The molecule has 0 saturated carbocycles. The molecule has 0 radical (unpaired) electrons. The third-order valence-electron chi connectivity index (χ3n) is 5.20. The second-order valence-electron chi connectivity index (χ2n) is 9.32. The quantitative estimate of drug-likeness (QED) is 0.0637. The average molecular weight is 503 g/mol. The third kappa shape index (κ3) is 11.1. The van der Waals surface area contributed by atoms with E-state index in [9.17, 15) is 9.90 Å². The second kappa shape index (κ2) is 14.7. The van der Waals surface area contributed by atoms with E-state index < -0.39 is 11.9 Å². The van der Waals surface area contributed by atoms with Crippen LogP contribution in [0.4, 0.5) is 11.4 Å². The van der Waals surface area contributed by atoms with Gasteiger partial charge in [0.25, 0.3) is 0 Å². The van der Waals surface area contributed by atoms with E-state index in [4.69, 9.17) is 38.2 Å². The smallest absolute Gasteiger partial charge is 0.306 e. The lowest BCUT2D eigenvalue weighted by Gasteiger charge is -2.20. The summed E-state index contributed by atoms with van der Waals surface area (Å²) in [5.41, 5.74) is 8.58. The Morgan fingerprint density at radius 3 is 2.51 bits per heavy atom. The molecule has 3 N–H and O–H groups in total. The summed E-state index contributed by atoms with van der Waals surface area (Å²) in [6.07, 6.45) is 11.8. The van der Waals surface area contributed by atoms with Gasteiger partial charge in [0, 0.05) is 35.6 Å². The standard InChI is InChI=1S/C28H39ClN2O4/c1-8-20(12-10-11-13-25(32)35-28(4,5)6)26(21(9-2)15-14-19(3)29)31-24-17-16-22(18-23(24)30)27(33)34-7/h2,14-18,20,27,33H,8,10-13,30H2,1,3-7H3/b19-14+,21-15+,31-26+. The van der Waals surface area contributed by atoms with Crippen LogP contribution >= 0.6 is 11.6 Å². The lowest BCUT2D eigenvalue weighted by Crippen LogP contribution is -2.23. The zero-order valence-corrected chi connectivity index (χ0v) is 22.5. The van der Waals surface area contributed by atoms with E-state index >= 15 is 0 Å². The van der Waals surface area contributed by atoms with E-state index in [-0.39, 0.29) is 11.9 Å². The molecule has 0 bridgehead atoms. The van der Waals surface area contributed by atoms with E-state index in [2.05, 4.69) is 12.8 Å². The number of carbonyl (C=O) groups is 1. The number of nitrogen functional groups attached to an aromatic ring is 1. The molecule has 0 spiro atoms. The van der Waals surface area contributed by atoms with Gasteiger partial charge < -0.3 is 20.3 Å². The highest BCUT2D eigenvalue weighted by Crippen LogP contribution is 2.30. The number of allylic oxidation sites excluding steroid dienone is 4. The van der Waals surface area contributed by atoms with Gasteiger partial charge in [0.1, 0.15) is 5.60 Å². The first-order valence-corrected chi connectivity index (χ1v) is 12.2. The van der Waals surface area contributed by atoms with Crippen LogP contribution in [0.5, 0.6) is 0 Å². The number of carbonyl (C=O) groups excluding carboxylic acids is 1. The summed E-state index contributed by atoms with van der Waals surface area (Å²) in [4.78, 5) is 16.9. The van der Waals surface area contributed by atoms with E-state index in [1.54, 1.807) is 37.3 Å². The molecule has 0 amide bonds. The van der Waals surface area contributed by atoms with Gasteiger partial charge in [-0.1, -0.05) is 36.9 Å². The number of ether oxygens (including phenoxy) is 2. The van der Waals surface area contributed by atoms with Crippen molar-refractivity contribution in [1.82, 2.24) is 0 Å². The first-order chi connectivity index (χ1) is 16.4. The van der Waals surface area contributed by atoms with Gasteiger partial charge in [-0.05, 0) is 71.2 Å². The maximum Gasteiger partial charge on any atom is 0.306 e. The molecule has 2 unspecified atom stereocenters. The number of halogens is 1. The van der Waals surface area contributed by atoms with Gasteiger partial charge in [-0.2, -0.15) is 0 Å². The van der Waals surface area contributed by atoms with E-state index in [0.717, 1.165) is 25.0 Å². The SMILES string of the molecule is C#CC(=C\C=C(/C)Cl)/C(=N/c1ccc(C(O)OC)cc1N)C(CC)CCCCC(=O)OC(C)(C)C. The Labute approximate surface area is 215 Å². The van der Waals surface area contributed by atoms with Crippen LogP contribution in [-0.4, -0.2) is 29.5 Å². The fourth-order valence-electron chi connectivity index (χ4n) is 3.46. The number of anilines is 1. The van der Waals surface area contributed by atoms with Gasteiger partial charge in [-0.3, -0.25) is 4.79 Å². The Morgan fingerprint density at radius 2 is 2.00 bits per heavy atom. The minimum Gasteiger partial charge on any atom is -0.460 e. The lowest BCUT2D eigenvalue weighted by molar-refractivity contribution is -0.154. The first kappa shape index (κ1) is 30.4. The molecule has 192 valence electrons. The molecule has 6 nitrogen and oxygen atoms in total. The lowest BCUT2D eigenvalue weighted by atomic mass is 9.89. The summed E-state index contributed by atoms with van der Waals surface area (Å²) in [5.74, 6) is 2.59. The molecule has 0 aliphatic carbocycles. The summed E-state index contributed by atoms with van der Waals surface area (Å²) in [5, 5.41) is 10.5. The molecular weight excluding hydrogens is 464 g/mol.